The van der Waals surface area contributed by atoms with Crippen molar-refractivity contribution in [2.24, 2.45) is 11.7 Å². The van der Waals surface area contributed by atoms with Crippen molar-refractivity contribution in [3.05, 3.63) is 0 Å². The molecule has 1 heterocycles. The van der Waals surface area contributed by atoms with Crippen molar-refractivity contribution < 1.29 is 9.53 Å². The Balaban J connectivity index is 0.00000196. The van der Waals surface area contributed by atoms with Crippen molar-refractivity contribution in [3.8, 4) is 0 Å². The van der Waals surface area contributed by atoms with Gasteiger partial charge in [-0.2, -0.15) is 0 Å². The van der Waals surface area contributed by atoms with Crippen LogP contribution in [0.25, 0.3) is 0 Å². The molecule has 1 saturated heterocycles. The summed E-state index contributed by atoms with van der Waals surface area (Å²) in [5.74, 6) is 0.426. The molecule has 0 saturated carbocycles. The quantitative estimate of drug-likeness (QED) is 0.755. The number of carbonyl (C=O) groups is 1. The van der Waals surface area contributed by atoms with Crippen molar-refractivity contribution in [2.75, 3.05) is 19.8 Å². The summed E-state index contributed by atoms with van der Waals surface area (Å²) in [4.78, 5) is 11.3. The summed E-state index contributed by atoms with van der Waals surface area (Å²) in [5.41, 5.74) is 5.59. The Morgan fingerprint density at radius 2 is 2.40 bits per heavy atom. The zero-order valence-corrected chi connectivity index (χ0v) is 10.0. The number of ether oxygens (including phenoxy) is 1. The van der Waals surface area contributed by atoms with Crippen LogP contribution in [0.2, 0.25) is 0 Å². The number of hydrogen-bond acceptors (Lipinski definition) is 3. The Labute approximate surface area is 97.3 Å². The minimum Gasteiger partial charge on any atom is -0.381 e. The summed E-state index contributed by atoms with van der Waals surface area (Å²) < 4.78 is 5.32. The third-order valence-electron chi connectivity index (χ3n) is 2.60. The lowest BCUT2D eigenvalue weighted by molar-refractivity contribution is -0.122. The van der Waals surface area contributed by atoms with E-state index in [4.69, 9.17) is 10.5 Å². The molecule has 5 heteroatoms. The standard InChI is InChI=1S/C10H20N2O2.ClH/c1-2-9(11)10(13)12-6-8-4-3-5-14-7-8;/h8-9H,2-7,11H2,1H3,(H,12,13);1H/t8?,9-;/m0./s1. The molecule has 1 unspecified atom stereocenters. The van der Waals surface area contributed by atoms with Gasteiger partial charge in [0.05, 0.1) is 12.6 Å². The molecule has 2 atom stereocenters. The average molecular weight is 237 g/mol. The fourth-order valence-electron chi connectivity index (χ4n) is 1.53. The Kier molecular flexibility index (Phi) is 7.74. The lowest BCUT2D eigenvalue weighted by atomic mass is 10.0. The van der Waals surface area contributed by atoms with Gasteiger partial charge < -0.3 is 15.8 Å². The molecule has 4 nitrogen and oxygen atoms in total. The smallest absolute Gasteiger partial charge is 0.236 e. The second kappa shape index (κ2) is 7.91. The van der Waals surface area contributed by atoms with Crippen LogP contribution in [0.5, 0.6) is 0 Å². The van der Waals surface area contributed by atoms with Gasteiger partial charge in [-0.25, -0.2) is 0 Å². The fourth-order valence-corrected chi connectivity index (χ4v) is 1.53. The number of nitrogens with one attached hydrogen (secondary N) is 1. The molecule has 15 heavy (non-hydrogen) atoms. The van der Waals surface area contributed by atoms with Gasteiger partial charge in [0.2, 0.25) is 5.91 Å². The zero-order valence-electron chi connectivity index (χ0n) is 9.20. The molecule has 0 aromatic heterocycles. The molecule has 1 aliphatic heterocycles. The van der Waals surface area contributed by atoms with Crippen LogP contribution in [0, 0.1) is 5.92 Å². The van der Waals surface area contributed by atoms with Crippen LogP contribution in [0.3, 0.4) is 0 Å². The van der Waals surface area contributed by atoms with E-state index in [1.165, 1.54) is 0 Å². The highest BCUT2D eigenvalue weighted by molar-refractivity contribution is 5.85. The van der Waals surface area contributed by atoms with Gasteiger partial charge in [-0.3, -0.25) is 4.79 Å². The van der Waals surface area contributed by atoms with Crippen LogP contribution in [-0.2, 0) is 9.53 Å². The Morgan fingerprint density at radius 1 is 1.67 bits per heavy atom. The van der Waals surface area contributed by atoms with Gasteiger partial charge in [0.25, 0.3) is 0 Å². The fraction of sp³-hybridized carbons (Fsp3) is 0.900. The number of carbonyl (C=O) groups excluding carboxylic acids is 1. The summed E-state index contributed by atoms with van der Waals surface area (Å²) >= 11 is 0. The maximum atomic E-state index is 11.3. The van der Waals surface area contributed by atoms with Crippen LogP contribution in [0.15, 0.2) is 0 Å². The van der Waals surface area contributed by atoms with E-state index in [1.54, 1.807) is 0 Å². The lowest BCUT2D eigenvalue weighted by Crippen LogP contribution is -2.43. The molecule has 0 bridgehead atoms. The minimum atomic E-state index is -0.362. The average Bonchev–Trinajstić information content (AvgIpc) is 2.26. The van der Waals surface area contributed by atoms with E-state index >= 15 is 0 Å². The van der Waals surface area contributed by atoms with Gasteiger partial charge in [0.1, 0.15) is 0 Å². The first kappa shape index (κ1) is 14.7. The van der Waals surface area contributed by atoms with Crippen molar-refractivity contribution in [1.82, 2.24) is 5.32 Å². The monoisotopic (exact) mass is 236 g/mol. The number of halogens is 1. The molecule has 1 aliphatic rings. The summed E-state index contributed by atoms with van der Waals surface area (Å²) in [5, 5.41) is 2.86. The molecule has 0 radical (unpaired) electrons. The van der Waals surface area contributed by atoms with E-state index in [1.807, 2.05) is 6.92 Å². The highest BCUT2D eigenvalue weighted by Crippen LogP contribution is 2.11. The third kappa shape index (κ3) is 5.35. The predicted molar refractivity (Wildman–Crippen MR) is 62.1 cm³/mol. The SMILES string of the molecule is CC[C@H](N)C(=O)NCC1CCCOC1.Cl. The second-order valence-electron chi connectivity index (χ2n) is 3.84. The molecule has 1 fully saturated rings. The molecule has 3 N–H and O–H groups in total. The van der Waals surface area contributed by atoms with E-state index in [-0.39, 0.29) is 24.4 Å². The molecular weight excluding hydrogens is 216 g/mol. The van der Waals surface area contributed by atoms with Crippen LogP contribution in [-0.4, -0.2) is 31.7 Å². The first-order chi connectivity index (χ1) is 6.74. The van der Waals surface area contributed by atoms with Gasteiger partial charge in [-0.15, -0.1) is 12.4 Å². The van der Waals surface area contributed by atoms with Gasteiger partial charge >= 0.3 is 0 Å². The Bertz CT molecular complexity index is 184. The number of rotatable bonds is 4. The van der Waals surface area contributed by atoms with Crippen molar-refractivity contribution in [2.45, 2.75) is 32.2 Å². The number of amides is 1. The van der Waals surface area contributed by atoms with E-state index < -0.39 is 0 Å². The Hall–Kier alpha value is -0.320. The lowest BCUT2D eigenvalue weighted by Gasteiger charge is -2.22. The van der Waals surface area contributed by atoms with Gasteiger partial charge in [-0.05, 0) is 25.2 Å². The molecule has 0 aliphatic carbocycles. The summed E-state index contributed by atoms with van der Waals surface area (Å²) in [6, 6.07) is -0.362. The zero-order chi connectivity index (χ0) is 10.4. The van der Waals surface area contributed by atoms with Crippen molar-refractivity contribution in [3.63, 3.8) is 0 Å². The summed E-state index contributed by atoms with van der Waals surface area (Å²) in [7, 11) is 0. The van der Waals surface area contributed by atoms with Crippen LogP contribution in [0.1, 0.15) is 26.2 Å². The summed E-state index contributed by atoms with van der Waals surface area (Å²) in [6.07, 6.45) is 2.93. The molecule has 90 valence electrons. The van der Waals surface area contributed by atoms with E-state index in [2.05, 4.69) is 5.32 Å². The maximum absolute atomic E-state index is 11.3. The highest BCUT2D eigenvalue weighted by atomic mass is 35.5. The maximum Gasteiger partial charge on any atom is 0.236 e. The summed E-state index contributed by atoms with van der Waals surface area (Å²) in [6.45, 7) is 4.24. The number of hydrogen-bond donors (Lipinski definition) is 2. The third-order valence-corrected chi connectivity index (χ3v) is 2.60. The first-order valence-electron chi connectivity index (χ1n) is 5.35. The normalized spacial score (nSPS) is 22.7. The molecule has 1 rings (SSSR count). The van der Waals surface area contributed by atoms with Crippen LogP contribution in [0.4, 0.5) is 0 Å². The topological polar surface area (TPSA) is 64.4 Å². The first-order valence-corrected chi connectivity index (χ1v) is 5.35. The second-order valence-corrected chi connectivity index (χ2v) is 3.84. The number of nitrogens with two attached hydrogens (primary N) is 1. The largest absolute Gasteiger partial charge is 0.381 e. The van der Waals surface area contributed by atoms with Crippen molar-refractivity contribution >= 4 is 18.3 Å². The molecule has 1 amide bonds. The Morgan fingerprint density at radius 3 is 2.93 bits per heavy atom. The molecular formula is C10H21ClN2O2. The van der Waals surface area contributed by atoms with Crippen LogP contribution < -0.4 is 11.1 Å². The minimum absolute atomic E-state index is 0. The molecule has 0 spiro atoms. The molecule has 0 aromatic rings. The van der Waals surface area contributed by atoms with E-state index in [0.29, 0.717) is 18.9 Å². The van der Waals surface area contributed by atoms with Crippen LogP contribution >= 0.6 is 12.4 Å². The van der Waals surface area contributed by atoms with E-state index in [0.717, 1.165) is 26.1 Å². The molecule has 0 aromatic carbocycles. The van der Waals surface area contributed by atoms with E-state index in [9.17, 15) is 4.79 Å². The van der Waals surface area contributed by atoms with Gasteiger partial charge in [0.15, 0.2) is 0 Å². The predicted octanol–water partition coefficient (Wildman–Crippen LogP) is 0.688. The van der Waals surface area contributed by atoms with Gasteiger partial charge in [-0.1, -0.05) is 6.92 Å². The van der Waals surface area contributed by atoms with Crippen molar-refractivity contribution in [1.29, 1.82) is 0 Å². The highest BCUT2D eigenvalue weighted by Gasteiger charge is 2.16. The van der Waals surface area contributed by atoms with Gasteiger partial charge in [0, 0.05) is 13.2 Å².